The fraction of sp³-hybridized carbons (Fsp3) is 0.286. The minimum atomic E-state index is 0.258. The van der Waals surface area contributed by atoms with Gasteiger partial charge in [0.15, 0.2) is 5.82 Å². The number of methoxy groups -OCH3 is 1. The van der Waals surface area contributed by atoms with Crippen LogP contribution in [0, 0.1) is 0 Å². The van der Waals surface area contributed by atoms with Crippen LogP contribution in [0.15, 0.2) is 30.6 Å². The van der Waals surface area contributed by atoms with Crippen molar-refractivity contribution in [2.24, 2.45) is 0 Å². The summed E-state index contributed by atoms with van der Waals surface area (Å²) < 4.78 is 10.7. The number of hydrogen-bond acceptors (Lipinski definition) is 6. The van der Waals surface area contributed by atoms with E-state index in [9.17, 15) is 0 Å². The van der Waals surface area contributed by atoms with E-state index in [1.165, 1.54) is 6.33 Å². The number of benzene rings is 1. The van der Waals surface area contributed by atoms with E-state index in [2.05, 4.69) is 15.3 Å². The molecule has 0 aliphatic carbocycles. The third-order valence-electron chi connectivity index (χ3n) is 2.78. The van der Waals surface area contributed by atoms with Gasteiger partial charge in [0.1, 0.15) is 22.9 Å². The van der Waals surface area contributed by atoms with E-state index in [4.69, 9.17) is 26.8 Å². The highest BCUT2D eigenvalue weighted by Crippen LogP contribution is 2.22. The summed E-state index contributed by atoms with van der Waals surface area (Å²) in [5, 5.41) is 3.38. The fourth-order valence-corrected chi connectivity index (χ4v) is 1.82. The lowest BCUT2D eigenvalue weighted by Crippen LogP contribution is -2.11. The number of halogens is 1. The minimum Gasteiger partial charge on any atom is -0.497 e. The monoisotopic (exact) mass is 308 g/mol. The molecule has 1 heterocycles. The molecule has 0 spiro atoms. The highest BCUT2D eigenvalue weighted by atomic mass is 35.5. The molecule has 0 saturated carbocycles. The van der Waals surface area contributed by atoms with Crippen molar-refractivity contribution in [2.45, 2.75) is 6.61 Å². The lowest BCUT2D eigenvalue weighted by Gasteiger charge is -2.09. The Kier molecular flexibility index (Phi) is 5.59. The molecule has 0 unspecified atom stereocenters. The molecule has 0 fully saturated rings. The summed E-state index contributed by atoms with van der Waals surface area (Å²) in [5.41, 5.74) is 6.67. The lowest BCUT2D eigenvalue weighted by atomic mass is 10.2. The van der Waals surface area contributed by atoms with E-state index >= 15 is 0 Å². The number of nitrogens with zero attached hydrogens (tertiary/aromatic N) is 2. The second-order valence-corrected chi connectivity index (χ2v) is 4.63. The molecule has 0 saturated heterocycles. The molecular weight excluding hydrogens is 292 g/mol. The average Bonchev–Trinajstić information content (AvgIpc) is 2.51. The van der Waals surface area contributed by atoms with Crippen molar-refractivity contribution in [2.75, 3.05) is 31.3 Å². The van der Waals surface area contributed by atoms with Crippen molar-refractivity contribution in [3.05, 3.63) is 41.2 Å². The molecule has 0 aliphatic heterocycles. The van der Waals surface area contributed by atoms with Crippen molar-refractivity contribution in [1.82, 2.24) is 9.97 Å². The lowest BCUT2D eigenvalue weighted by molar-refractivity contribution is 0.130. The zero-order valence-electron chi connectivity index (χ0n) is 11.7. The van der Waals surface area contributed by atoms with E-state index in [1.807, 2.05) is 24.3 Å². The number of aromatic nitrogens is 2. The minimum absolute atomic E-state index is 0.258. The maximum absolute atomic E-state index is 5.97. The van der Waals surface area contributed by atoms with Crippen LogP contribution in [-0.4, -0.2) is 30.2 Å². The van der Waals surface area contributed by atoms with Gasteiger partial charge in [-0.05, 0) is 17.7 Å². The molecule has 0 radical (unpaired) electrons. The topological polar surface area (TPSA) is 82.3 Å². The normalized spacial score (nSPS) is 10.4. The third-order valence-corrected chi connectivity index (χ3v) is 3.16. The predicted octanol–water partition coefficient (Wildman–Crippen LogP) is 2.35. The first-order chi connectivity index (χ1) is 10.2. The number of ether oxygens (including phenoxy) is 2. The Balaban J connectivity index is 1.71. The van der Waals surface area contributed by atoms with Gasteiger partial charge in [0.2, 0.25) is 0 Å². The molecule has 0 aliphatic rings. The second kappa shape index (κ2) is 7.66. The van der Waals surface area contributed by atoms with Gasteiger partial charge in [-0.1, -0.05) is 23.7 Å². The van der Waals surface area contributed by atoms with Crippen molar-refractivity contribution in [1.29, 1.82) is 0 Å². The van der Waals surface area contributed by atoms with Crippen LogP contribution in [0.5, 0.6) is 5.75 Å². The average molecular weight is 309 g/mol. The Morgan fingerprint density at radius 1 is 1.24 bits per heavy atom. The molecule has 1 aromatic carbocycles. The standard InChI is InChI=1S/C14H17ClN4O2/c1-20-11-4-2-10(3-5-11)8-21-7-6-17-14-12(15)13(16)18-9-19-14/h2-5,9H,6-8H2,1H3,(H3,16,17,18,19). The van der Waals surface area contributed by atoms with Crippen LogP contribution in [0.2, 0.25) is 5.02 Å². The Labute approximate surface area is 128 Å². The second-order valence-electron chi connectivity index (χ2n) is 4.25. The first kappa shape index (κ1) is 15.3. The van der Waals surface area contributed by atoms with E-state index in [0.29, 0.717) is 30.6 Å². The highest BCUT2D eigenvalue weighted by Gasteiger charge is 2.05. The van der Waals surface area contributed by atoms with Crippen LogP contribution in [0.1, 0.15) is 5.56 Å². The third kappa shape index (κ3) is 4.47. The molecule has 6 nitrogen and oxygen atoms in total. The summed E-state index contributed by atoms with van der Waals surface area (Å²) >= 11 is 5.97. The van der Waals surface area contributed by atoms with Crippen molar-refractivity contribution in [3.63, 3.8) is 0 Å². The Bertz CT molecular complexity index is 578. The summed E-state index contributed by atoms with van der Waals surface area (Å²) in [5.74, 6) is 1.60. The molecule has 2 rings (SSSR count). The first-order valence-electron chi connectivity index (χ1n) is 6.41. The largest absolute Gasteiger partial charge is 0.497 e. The van der Waals surface area contributed by atoms with Crippen LogP contribution >= 0.6 is 11.6 Å². The SMILES string of the molecule is COc1ccc(COCCNc2ncnc(N)c2Cl)cc1. The highest BCUT2D eigenvalue weighted by molar-refractivity contribution is 6.35. The number of nitrogen functional groups attached to an aromatic ring is 1. The fourth-order valence-electron chi connectivity index (χ4n) is 1.66. The number of hydrogen-bond donors (Lipinski definition) is 2. The van der Waals surface area contributed by atoms with Crippen LogP contribution in [0.25, 0.3) is 0 Å². The van der Waals surface area contributed by atoms with Gasteiger partial charge in [0.25, 0.3) is 0 Å². The summed E-state index contributed by atoms with van der Waals surface area (Å²) in [6, 6.07) is 7.74. The number of nitrogens with one attached hydrogen (secondary N) is 1. The molecular formula is C14H17ClN4O2. The van der Waals surface area contributed by atoms with Crippen LogP contribution in [0.3, 0.4) is 0 Å². The molecule has 21 heavy (non-hydrogen) atoms. The van der Waals surface area contributed by atoms with Crippen molar-refractivity contribution >= 4 is 23.2 Å². The molecule has 3 N–H and O–H groups in total. The quantitative estimate of drug-likeness (QED) is 0.764. The molecule has 0 bridgehead atoms. The van der Waals surface area contributed by atoms with Gasteiger partial charge < -0.3 is 20.5 Å². The molecule has 112 valence electrons. The van der Waals surface area contributed by atoms with E-state index in [1.54, 1.807) is 7.11 Å². The van der Waals surface area contributed by atoms with Gasteiger partial charge in [-0.2, -0.15) is 0 Å². The van der Waals surface area contributed by atoms with Crippen molar-refractivity contribution < 1.29 is 9.47 Å². The van der Waals surface area contributed by atoms with Gasteiger partial charge >= 0.3 is 0 Å². The summed E-state index contributed by atoms with van der Waals surface area (Å²) in [6.45, 7) is 1.63. The zero-order valence-corrected chi connectivity index (χ0v) is 12.4. The van der Waals surface area contributed by atoms with Gasteiger partial charge in [-0.25, -0.2) is 9.97 Å². The van der Waals surface area contributed by atoms with E-state index in [0.717, 1.165) is 11.3 Å². The van der Waals surface area contributed by atoms with E-state index in [-0.39, 0.29) is 5.82 Å². The Morgan fingerprint density at radius 3 is 2.71 bits per heavy atom. The Morgan fingerprint density at radius 2 is 2.00 bits per heavy atom. The molecule has 1 aromatic heterocycles. The smallest absolute Gasteiger partial charge is 0.150 e. The van der Waals surface area contributed by atoms with Crippen molar-refractivity contribution in [3.8, 4) is 5.75 Å². The molecule has 0 amide bonds. The van der Waals surface area contributed by atoms with Gasteiger partial charge in [-0.3, -0.25) is 0 Å². The maximum Gasteiger partial charge on any atom is 0.150 e. The van der Waals surface area contributed by atoms with Crippen LogP contribution in [0.4, 0.5) is 11.6 Å². The summed E-state index contributed by atoms with van der Waals surface area (Å²) in [4.78, 5) is 7.80. The molecule has 0 atom stereocenters. The number of rotatable bonds is 7. The maximum atomic E-state index is 5.97. The number of anilines is 2. The molecule has 2 aromatic rings. The summed E-state index contributed by atoms with van der Waals surface area (Å²) in [7, 11) is 1.64. The van der Waals surface area contributed by atoms with Gasteiger partial charge in [0.05, 0.1) is 20.3 Å². The molecule has 7 heteroatoms. The van der Waals surface area contributed by atoms with Gasteiger partial charge in [0, 0.05) is 6.54 Å². The van der Waals surface area contributed by atoms with E-state index < -0.39 is 0 Å². The summed E-state index contributed by atoms with van der Waals surface area (Å²) in [6.07, 6.45) is 1.36. The van der Waals surface area contributed by atoms with Crippen LogP contribution in [-0.2, 0) is 11.3 Å². The van der Waals surface area contributed by atoms with Gasteiger partial charge in [-0.15, -0.1) is 0 Å². The van der Waals surface area contributed by atoms with Crippen LogP contribution < -0.4 is 15.8 Å². The Hall–Kier alpha value is -2.05. The first-order valence-corrected chi connectivity index (χ1v) is 6.79. The predicted molar refractivity (Wildman–Crippen MR) is 82.6 cm³/mol. The number of nitrogens with two attached hydrogens (primary N) is 1. The zero-order chi connectivity index (χ0) is 15.1.